The molecule has 2 aromatic rings. The van der Waals surface area contributed by atoms with E-state index in [0.29, 0.717) is 11.3 Å². The van der Waals surface area contributed by atoms with Crippen LogP contribution in [-0.2, 0) is 6.61 Å². The smallest absolute Gasteiger partial charge is 0.147 e. The Morgan fingerprint density at radius 3 is 2.71 bits per heavy atom. The quantitative estimate of drug-likeness (QED) is 0.933. The molecule has 0 saturated carbocycles. The molecule has 3 nitrogen and oxygen atoms in total. The number of rotatable bonds is 4. The van der Waals surface area contributed by atoms with Gasteiger partial charge in [0.05, 0.1) is 11.7 Å². The lowest BCUT2D eigenvalue weighted by Gasteiger charge is -2.12. The van der Waals surface area contributed by atoms with Crippen molar-refractivity contribution in [1.82, 2.24) is 0 Å². The number of benzene rings is 2. The molecule has 0 fully saturated rings. The van der Waals surface area contributed by atoms with E-state index in [1.165, 1.54) is 6.07 Å². The fraction of sp³-hybridized carbons (Fsp3) is 0.235. The van der Waals surface area contributed by atoms with Crippen LogP contribution in [0, 0.1) is 24.1 Å². The zero-order chi connectivity index (χ0) is 15.4. The summed E-state index contributed by atoms with van der Waals surface area (Å²) in [5.74, 6) is 0.0828. The first-order valence-electron chi connectivity index (χ1n) is 6.62. The molecule has 4 heteroatoms. The second kappa shape index (κ2) is 6.38. The van der Waals surface area contributed by atoms with E-state index in [2.05, 4.69) is 0 Å². The molecule has 0 aliphatic carbocycles. The van der Waals surface area contributed by atoms with Crippen molar-refractivity contribution in [2.45, 2.75) is 26.6 Å². The molecule has 0 amide bonds. The molecule has 0 unspecified atom stereocenters. The number of halogens is 1. The van der Waals surface area contributed by atoms with E-state index in [0.717, 1.165) is 11.1 Å². The molecule has 0 heterocycles. The van der Waals surface area contributed by atoms with E-state index >= 15 is 0 Å². The van der Waals surface area contributed by atoms with Gasteiger partial charge in [0.25, 0.3) is 0 Å². The molecule has 0 saturated heterocycles. The van der Waals surface area contributed by atoms with E-state index in [-0.39, 0.29) is 12.2 Å². The molecule has 1 N–H and O–H groups in total. The van der Waals surface area contributed by atoms with Crippen molar-refractivity contribution in [1.29, 1.82) is 5.26 Å². The summed E-state index contributed by atoms with van der Waals surface area (Å²) in [6, 6.07) is 11.8. The number of ether oxygens (including phenoxy) is 1. The highest BCUT2D eigenvalue weighted by atomic mass is 19.1. The average Bonchev–Trinajstić information content (AvgIpc) is 2.47. The second-order valence-electron chi connectivity index (χ2n) is 4.88. The van der Waals surface area contributed by atoms with Crippen LogP contribution in [-0.4, -0.2) is 5.11 Å². The Bertz CT molecular complexity index is 690. The minimum absolute atomic E-state index is 0.0114. The van der Waals surface area contributed by atoms with Crippen molar-refractivity contribution in [3.63, 3.8) is 0 Å². The third-order valence-corrected chi connectivity index (χ3v) is 3.26. The topological polar surface area (TPSA) is 53.2 Å². The highest BCUT2D eigenvalue weighted by Crippen LogP contribution is 2.24. The van der Waals surface area contributed by atoms with Gasteiger partial charge in [-0.3, -0.25) is 0 Å². The van der Waals surface area contributed by atoms with Gasteiger partial charge in [0.2, 0.25) is 0 Å². The number of aliphatic hydroxyl groups excluding tert-OH is 1. The van der Waals surface area contributed by atoms with Gasteiger partial charge >= 0.3 is 0 Å². The lowest BCUT2D eigenvalue weighted by Crippen LogP contribution is -2.02. The van der Waals surface area contributed by atoms with Crippen molar-refractivity contribution in [2.24, 2.45) is 0 Å². The van der Waals surface area contributed by atoms with Crippen LogP contribution in [0.5, 0.6) is 5.75 Å². The standard InChI is InChI=1S/C17H16FNO2/c1-11-8-13(12(2)20)6-7-16(11)21-10-15-5-3-4-14(9-19)17(15)18/h3-8,12,20H,10H2,1-2H3/t12-/m1/s1. The lowest BCUT2D eigenvalue weighted by molar-refractivity contribution is 0.199. The molecular weight excluding hydrogens is 269 g/mol. The van der Waals surface area contributed by atoms with Crippen LogP contribution >= 0.6 is 0 Å². The Labute approximate surface area is 123 Å². The summed E-state index contributed by atoms with van der Waals surface area (Å²) in [6.45, 7) is 3.61. The number of aliphatic hydroxyl groups is 1. The zero-order valence-corrected chi connectivity index (χ0v) is 11.9. The molecule has 21 heavy (non-hydrogen) atoms. The predicted molar refractivity (Wildman–Crippen MR) is 77.3 cm³/mol. The average molecular weight is 285 g/mol. The number of hydrogen-bond acceptors (Lipinski definition) is 3. The van der Waals surface area contributed by atoms with E-state index < -0.39 is 11.9 Å². The molecule has 2 rings (SSSR count). The summed E-state index contributed by atoms with van der Waals surface area (Å²) in [4.78, 5) is 0. The molecule has 2 aromatic carbocycles. The molecular formula is C17H16FNO2. The van der Waals surface area contributed by atoms with Gasteiger partial charge < -0.3 is 9.84 Å². The molecule has 0 aliphatic rings. The maximum absolute atomic E-state index is 13.9. The summed E-state index contributed by atoms with van der Waals surface area (Å²) in [6.07, 6.45) is -0.539. The first-order chi connectivity index (χ1) is 10.0. The van der Waals surface area contributed by atoms with Crippen LogP contribution in [0.3, 0.4) is 0 Å². The first kappa shape index (κ1) is 15.0. The normalized spacial score (nSPS) is 11.8. The van der Waals surface area contributed by atoms with Crippen molar-refractivity contribution in [3.05, 3.63) is 64.5 Å². The summed E-state index contributed by atoms with van der Waals surface area (Å²) in [5.41, 5.74) is 2.02. The Morgan fingerprint density at radius 1 is 1.33 bits per heavy atom. The summed E-state index contributed by atoms with van der Waals surface area (Å²) in [5, 5.41) is 18.3. The van der Waals surface area contributed by atoms with Crippen molar-refractivity contribution >= 4 is 0 Å². The summed E-state index contributed by atoms with van der Waals surface area (Å²) in [7, 11) is 0. The highest BCUT2D eigenvalue weighted by Gasteiger charge is 2.10. The Hall–Kier alpha value is -2.38. The molecule has 0 radical (unpaired) electrons. The fourth-order valence-electron chi connectivity index (χ4n) is 2.03. The molecule has 108 valence electrons. The second-order valence-corrected chi connectivity index (χ2v) is 4.88. The first-order valence-corrected chi connectivity index (χ1v) is 6.62. The van der Waals surface area contributed by atoms with Crippen LogP contribution in [0.15, 0.2) is 36.4 Å². The molecule has 0 bridgehead atoms. The molecule has 0 aliphatic heterocycles. The zero-order valence-electron chi connectivity index (χ0n) is 11.9. The third kappa shape index (κ3) is 3.39. The SMILES string of the molecule is Cc1cc([C@@H](C)O)ccc1OCc1cccc(C#N)c1F. The minimum atomic E-state index is -0.543. The van der Waals surface area contributed by atoms with E-state index in [4.69, 9.17) is 10.00 Å². The van der Waals surface area contributed by atoms with Gasteiger partial charge in [-0.1, -0.05) is 18.2 Å². The van der Waals surface area contributed by atoms with Gasteiger partial charge in [0, 0.05) is 5.56 Å². The number of hydrogen-bond donors (Lipinski definition) is 1. The van der Waals surface area contributed by atoms with Gasteiger partial charge in [-0.2, -0.15) is 5.26 Å². The van der Waals surface area contributed by atoms with E-state index in [1.807, 2.05) is 13.0 Å². The van der Waals surface area contributed by atoms with Crippen LogP contribution in [0.4, 0.5) is 4.39 Å². The van der Waals surface area contributed by atoms with Crippen molar-refractivity contribution in [2.75, 3.05) is 0 Å². The third-order valence-electron chi connectivity index (χ3n) is 3.26. The van der Waals surface area contributed by atoms with Crippen LogP contribution in [0.2, 0.25) is 0 Å². The van der Waals surface area contributed by atoms with Crippen LogP contribution < -0.4 is 4.74 Å². The Balaban J connectivity index is 2.16. The highest BCUT2D eigenvalue weighted by molar-refractivity contribution is 5.38. The number of aryl methyl sites for hydroxylation is 1. The molecule has 0 spiro atoms. The Kier molecular flexibility index (Phi) is 4.56. The van der Waals surface area contributed by atoms with Crippen molar-refractivity contribution in [3.8, 4) is 11.8 Å². The number of nitriles is 1. The van der Waals surface area contributed by atoms with Crippen LogP contribution in [0.25, 0.3) is 0 Å². The minimum Gasteiger partial charge on any atom is -0.489 e. The van der Waals surface area contributed by atoms with Gasteiger partial charge in [0.1, 0.15) is 24.2 Å². The largest absolute Gasteiger partial charge is 0.489 e. The maximum atomic E-state index is 13.9. The monoisotopic (exact) mass is 285 g/mol. The maximum Gasteiger partial charge on any atom is 0.147 e. The van der Waals surface area contributed by atoms with E-state index in [1.54, 1.807) is 37.3 Å². The van der Waals surface area contributed by atoms with Gasteiger partial charge in [-0.25, -0.2) is 4.39 Å². The summed E-state index contributed by atoms with van der Waals surface area (Å²) < 4.78 is 19.5. The predicted octanol–water partition coefficient (Wildman–Crippen LogP) is 3.64. The summed E-state index contributed by atoms with van der Waals surface area (Å²) >= 11 is 0. The number of nitrogens with zero attached hydrogens (tertiary/aromatic N) is 1. The van der Waals surface area contributed by atoms with Crippen molar-refractivity contribution < 1.29 is 14.2 Å². The van der Waals surface area contributed by atoms with Gasteiger partial charge in [-0.15, -0.1) is 0 Å². The molecule has 0 aromatic heterocycles. The fourth-order valence-corrected chi connectivity index (χ4v) is 2.03. The molecule has 1 atom stereocenters. The van der Waals surface area contributed by atoms with E-state index in [9.17, 15) is 9.50 Å². The van der Waals surface area contributed by atoms with Gasteiger partial charge in [-0.05, 0) is 43.2 Å². The van der Waals surface area contributed by atoms with Gasteiger partial charge in [0.15, 0.2) is 0 Å². The lowest BCUT2D eigenvalue weighted by atomic mass is 10.1. The van der Waals surface area contributed by atoms with Crippen LogP contribution in [0.1, 0.15) is 35.3 Å². The Morgan fingerprint density at radius 2 is 2.10 bits per heavy atom.